The number of nitrogens with zero attached hydrogens (tertiary/aromatic N) is 2. The fourth-order valence-corrected chi connectivity index (χ4v) is 3.63. The molecule has 0 atom stereocenters. The van der Waals surface area contributed by atoms with E-state index in [-0.39, 0.29) is 10.3 Å². The van der Waals surface area contributed by atoms with Crippen LogP contribution in [-0.2, 0) is 22.5 Å². The Hall–Kier alpha value is -2.02. The number of aromatic nitrogens is 2. The molecule has 0 aliphatic rings. The lowest BCUT2D eigenvalue weighted by molar-refractivity contribution is 0.340. The van der Waals surface area contributed by atoms with Crippen LogP contribution in [0.2, 0.25) is 0 Å². The number of hydrogen-bond acceptors (Lipinski definition) is 4. The predicted octanol–water partition coefficient (Wildman–Crippen LogP) is 2.92. The van der Waals surface area contributed by atoms with Crippen molar-refractivity contribution >= 4 is 15.7 Å². The molecule has 0 bridgehead atoms. The molecule has 0 unspecified atom stereocenters. The molecule has 0 amide bonds. The summed E-state index contributed by atoms with van der Waals surface area (Å²) >= 11 is 0. The fraction of sp³-hybridized carbons (Fsp3) is 0.438. The molecule has 1 aromatic carbocycles. The van der Waals surface area contributed by atoms with Crippen molar-refractivity contribution < 1.29 is 13.2 Å². The summed E-state index contributed by atoms with van der Waals surface area (Å²) in [6.45, 7) is 8.27. The van der Waals surface area contributed by atoms with Gasteiger partial charge >= 0.3 is 0 Å². The molecular weight excluding hydrogens is 314 g/mol. The highest BCUT2D eigenvalue weighted by molar-refractivity contribution is 7.92. The summed E-state index contributed by atoms with van der Waals surface area (Å²) in [6.07, 6.45) is 1.53. The van der Waals surface area contributed by atoms with Gasteiger partial charge in [0, 0.05) is 24.3 Å². The summed E-state index contributed by atoms with van der Waals surface area (Å²) in [5.41, 5.74) is 0.653. The van der Waals surface area contributed by atoms with Gasteiger partial charge in [0.05, 0.1) is 12.3 Å². The van der Waals surface area contributed by atoms with E-state index in [1.54, 1.807) is 31.3 Å². The first kappa shape index (κ1) is 17.3. The molecule has 1 N–H and O–H groups in total. The molecule has 6 nitrogen and oxygen atoms in total. The predicted molar refractivity (Wildman–Crippen MR) is 90.3 cm³/mol. The summed E-state index contributed by atoms with van der Waals surface area (Å²) in [7, 11) is -1.99. The molecule has 126 valence electrons. The molecule has 0 aliphatic carbocycles. The van der Waals surface area contributed by atoms with Crippen LogP contribution >= 0.6 is 0 Å². The van der Waals surface area contributed by atoms with E-state index in [0.29, 0.717) is 23.7 Å². The molecule has 0 saturated heterocycles. The van der Waals surface area contributed by atoms with Crippen LogP contribution in [-0.4, -0.2) is 24.8 Å². The maximum absolute atomic E-state index is 12.7. The SMILES string of the molecule is CCOc1ccc(NS(=O)(=O)c2cn(C)nc2C(C)(C)C)cc1. The van der Waals surface area contributed by atoms with E-state index < -0.39 is 10.0 Å². The zero-order valence-corrected chi connectivity index (χ0v) is 14.9. The first-order valence-electron chi connectivity index (χ1n) is 7.43. The van der Waals surface area contributed by atoms with Gasteiger partial charge in [-0.1, -0.05) is 20.8 Å². The molecule has 2 rings (SSSR count). The highest BCUT2D eigenvalue weighted by Gasteiger charge is 2.29. The van der Waals surface area contributed by atoms with Gasteiger partial charge < -0.3 is 4.74 Å². The Balaban J connectivity index is 2.32. The van der Waals surface area contributed by atoms with Gasteiger partial charge in [0.25, 0.3) is 10.0 Å². The molecule has 0 spiro atoms. The van der Waals surface area contributed by atoms with Gasteiger partial charge in [-0.2, -0.15) is 5.10 Å². The molecule has 0 aliphatic heterocycles. The number of aryl methyl sites for hydroxylation is 1. The van der Waals surface area contributed by atoms with Crippen LogP contribution in [0.3, 0.4) is 0 Å². The highest BCUT2D eigenvalue weighted by Crippen LogP contribution is 2.29. The number of benzene rings is 1. The molecule has 0 radical (unpaired) electrons. The Morgan fingerprint density at radius 2 is 1.83 bits per heavy atom. The Morgan fingerprint density at radius 1 is 1.22 bits per heavy atom. The summed E-state index contributed by atoms with van der Waals surface area (Å²) < 4.78 is 34.9. The van der Waals surface area contributed by atoms with Crippen LogP contribution in [0.1, 0.15) is 33.4 Å². The quantitative estimate of drug-likeness (QED) is 0.910. The molecule has 0 saturated carbocycles. The molecule has 0 fully saturated rings. The van der Waals surface area contributed by atoms with Crippen LogP contribution in [0.5, 0.6) is 5.75 Å². The number of ether oxygens (including phenoxy) is 1. The van der Waals surface area contributed by atoms with E-state index in [4.69, 9.17) is 4.74 Å². The van der Waals surface area contributed by atoms with Crippen LogP contribution in [0.25, 0.3) is 0 Å². The van der Waals surface area contributed by atoms with Crippen molar-refractivity contribution in [2.75, 3.05) is 11.3 Å². The third kappa shape index (κ3) is 4.04. The summed E-state index contributed by atoms with van der Waals surface area (Å²) in [4.78, 5) is 0.196. The zero-order valence-electron chi connectivity index (χ0n) is 14.1. The Labute approximate surface area is 137 Å². The smallest absolute Gasteiger partial charge is 0.265 e. The van der Waals surface area contributed by atoms with E-state index in [1.165, 1.54) is 10.9 Å². The van der Waals surface area contributed by atoms with Crippen molar-refractivity contribution in [1.29, 1.82) is 0 Å². The first-order chi connectivity index (χ1) is 10.6. The largest absolute Gasteiger partial charge is 0.494 e. The van der Waals surface area contributed by atoms with Gasteiger partial charge in [0.1, 0.15) is 10.6 Å². The van der Waals surface area contributed by atoms with E-state index in [2.05, 4.69) is 9.82 Å². The molecule has 23 heavy (non-hydrogen) atoms. The van der Waals surface area contributed by atoms with E-state index in [1.807, 2.05) is 27.7 Å². The Kier molecular flexibility index (Phi) is 4.70. The van der Waals surface area contributed by atoms with Crippen LogP contribution in [0.4, 0.5) is 5.69 Å². The third-order valence-electron chi connectivity index (χ3n) is 3.21. The van der Waals surface area contributed by atoms with Crippen LogP contribution in [0, 0.1) is 0 Å². The van der Waals surface area contributed by atoms with E-state index in [0.717, 1.165) is 0 Å². The zero-order chi connectivity index (χ0) is 17.3. The van der Waals surface area contributed by atoms with Crippen molar-refractivity contribution in [3.05, 3.63) is 36.2 Å². The van der Waals surface area contributed by atoms with Crippen LogP contribution < -0.4 is 9.46 Å². The first-order valence-corrected chi connectivity index (χ1v) is 8.91. The van der Waals surface area contributed by atoms with Crippen molar-refractivity contribution in [2.45, 2.75) is 38.0 Å². The minimum atomic E-state index is -3.71. The normalized spacial score (nSPS) is 12.2. The lowest BCUT2D eigenvalue weighted by Gasteiger charge is -2.17. The average Bonchev–Trinajstić information content (AvgIpc) is 2.84. The Morgan fingerprint density at radius 3 is 2.35 bits per heavy atom. The number of rotatable bonds is 5. The van der Waals surface area contributed by atoms with Gasteiger partial charge in [-0.25, -0.2) is 8.42 Å². The summed E-state index contributed by atoms with van der Waals surface area (Å²) in [6, 6.07) is 6.82. The van der Waals surface area contributed by atoms with Crippen LogP contribution in [0.15, 0.2) is 35.4 Å². The summed E-state index contributed by atoms with van der Waals surface area (Å²) in [5.74, 6) is 0.701. The average molecular weight is 337 g/mol. The van der Waals surface area contributed by atoms with E-state index >= 15 is 0 Å². The van der Waals surface area contributed by atoms with Gasteiger partial charge in [0.15, 0.2) is 0 Å². The second-order valence-electron chi connectivity index (χ2n) is 6.33. The molecule has 7 heteroatoms. The van der Waals surface area contributed by atoms with Crippen molar-refractivity contribution in [3.63, 3.8) is 0 Å². The number of sulfonamides is 1. The minimum Gasteiger partial charge on any atom is -0.494 e. The molecule has 1 aromatic heterocycles. The Bertz CT molecular complexity index is 772. The summed E-state index contributed by atoms with van der Waals surface area (Å²) in [5, 5.41) is 4.31. The number of hydrogen-bond donors (Lipinski definition) is 1. The number of anilines is 1. The molecule has 2 aromatic rings. The van der Waals surface area contributed by atoms with Crippen molar-refractivity contribution in [1.82, 2.24) is 9.78 Å². The maximum Gasteiger partial charge on any atom is 0.265 e. The van der Waals surface area contributed by atoms with E-state index in [9.17, 15) is 8.42 Å². The fourth-order valence-electron chi connectivity index (χ4n) is 2.18. The second kappa shape index (κ2) is 6.23. The van der Waals surface area contributed by atoms with Gasteiger partial charge in [-0.05, 0) is 31.2 Å². The standard InChI is InChI=1S/C16H23N3O3S/c1-6-22-13-9-7-12(8-10-13)18-23(20,21)14-11-19(5)17-15(14)16(2,3)4/h7-11,18H,6H2,1-5H3. The van der Waals surface area contributed by atoms with Gasteiger partial charge in [-0.3, -0.25) is 9.40 Å². The third-order valence-corrected chi connectivity index (χ3v) is 4.59. The topological polar surface area (TPSA) is 73.2 Å². The lowest BCUT2D eigenvalue weighted by atomic mass is 9.92. The highest BCUT2D eigenvalue weighted by atomic mass is 32.2. The lowest BCUT2D eigenvalue weighted by Crippen LogP contribution is -2.20. The molecule has 1 heterocycles. The van der Waals surface area contributed by atoms with Gasteiger partial charge in [0.2, 0.25) is 0 Å². The molecular formula is C16H23N3O3S. The van der Waals surface area contributed by atoms with Crippen molar-refractivity contribution in [2.24, 2.45) is 7.05 Å². The number of nitrogens with one attached hydrogen (secondary N) is 1. The second-order valence-corrected chi connectivity index (χ2v) is 7.98. The van der Waals surface area contributed by atoms with Gasteiger partial charge in [-0.15, -0.1) is 0 Å². The monoisotopic (exact) mass is 337 g/mol. The maximum atomic E-state index is 12.7. The minimum absolute atomic E-state index is 0.196. The van der Waals surface area contributed by atoms with Crippen molar-refractivity contribution in [3.8, 4) is 5.75 Å².